The minimum Gasteiger partial charge on any atom is -0.460 e. The molecular formula is C33H41F3N2O12. The first-order chi connectivity index (χ1) is 23.4. The molecule has 0 saturated carbocycles. The Labute approximate surface area is 285 Å². The van der Waals surface area contributed by atoms with Crippen LogP contribution in [0.3, 0.4) is 0 Å². The van der Waals surface area contributed by atoms with Crippen molar-refractivity contribution < 1.29 is 71.0 Å². The van der Waals surface area contributed by atoms with Gasteiger partial charge in [-0.2, -0.15) is 13.2 Å². The number of aliphatic hydroxyl groups is 2. The van der Waals surface area contributed by atoms with Gasteiger partial charge in [0.05, 0.1) is 24.3 Å². The van der Waals surface area contributed by atoms with Gasteiger partial charge in [-0.05, 0) is 57.9 Å². The van der Waals surface area contributed by atoms with E-state index in [9.17, 15) is 47.4 Å². The number of rotatable bonds is 14. The van der Waals surface area contributed by atoms with Crippen molar-refractivity contribution in [3.8, 4) is 0 Å². The van der Waals surface area contributed by atoms with Gasteiger partial charge in [-0.3, -0.25) is 14.4 Å². The molecule has 6 unspecified atom stereocenters. The van der Waals surface area contributed by atoms with Crippen LogP contribution in [-0.2, 0) is 42.9 Å². The molecule has 17 heteroatoms. The molecule has 14 nitrogen and oxygen atoms in total. The Hall–Kier alpha value is -4.32. The molecule has 4 N–H and O–H groups in total. The number of benzene rings is 1. The highest BCUT2D eigenvalue weighted by Gasteiger charge is 2.43. The van der Waals surface area contributed by atoms with Gasteiger partial charge in [0.2, 0.25) is 11.8 Å². The Morgan fingerprint density at radius 3 is 2.42 bits per heavy atom. The van der Waals surface area contributed by atoms with Gasteiger partial charge in [-0.25, -0.2) is 9.59 Å². The number of fused-ring (bicyclic) bond motifs is 1. The Bertz CT molecular complexity index is 1450. The number of hydrogen-bond donors (Lipinski definition) is 4. The van der Waals surface area contributed by atoms with Crippen molar-refractivity contribution in [3.05, 3.63) is 53.1 Å². The van der Waals surface area contributed by atoms with Gasteiger partial charge in [0.1, 0.15) is 36.7 Å². The van der Waals surface area contributed by atoms with Crippen LogP contribution in [0.1, 0.15) is 62.9 Å². The van der Waals surface area contributed by atoms with Crippen LogP contribution in [0.4, 0.5) is 13.2 Å². The fourth-order valence-electron chi connectivity index (χ4n) is 4.94. The Kier molecular flexibility index (Phi) is 14.1. The minimum absolute atomic E-state index is 0.0251. The lowest BCUT2D eigenvalue weighted by Crippen LogP contribution is -2.55. The standard InChI is InChI=1S/C33H41F3N2O12/c1-18(40)27(30(44)37-21(15-39)10-12-26(42)50-32(2,3)4)38-29(43)20-13-23-28(48-17-47-23)24(14-20)49-31(45)22-8-6-5-7-19(22)9-11-25(41)46-16-33(34,35)36/h5-9,11,13,18,21,23-24,27-28,39-40H,10,12,14-17H2,1-4H3,(H,37,44)(H,38,43). The molecule has 1 heterocycles. The third-order valence-electron chi connectivity index (χ3n) is 7.24. The first-order valence-corrected chi connectivity index (χ1v) is 15.6. The van der Waals surface area contributed by atoms with E-state index in [0.717, 1.165) is 12.2 Å². The average molecular weight is 715 g/mol. The number of nitrogens with one attached hydrogen (secondary N) is 2. The number of alkyl halides is 3. The van der Waals surface area contributed by atoms with Crippen LogP contribution in [0.25, 0.3) is 6.08 Å². The summed E-state index contributed by atoms with van der Waals surface area (Å²) in [6.45, 7) is 3.86. The van der Waals surface area contributed by atoms with Crippen LogP contribution < -0.4 is 10.6 Å². The van der Waals surface area contributed by atoms with Crippen LogP contribution in [0.5, 0.6) is 0 Å². The van der Waals surface area contributed by atoms with Gasteiger partial charge in [0.15, 0.2) is 6.61 Å². The average Bonchev–Trinajstić information content (AvgIpc) is 3.51. The number of halogens is 3. The zero-order valence-electron chi connectivity index (χ0n) is 27.9. The van der Waals surface area contributed by atoms with Crippen molar-refractivity contribution >= 4 is 35.8 Å². The highest BCUT2D eigenvalue weighted by atomic mass is 19.4. The predicted octanol–water partition coefficient (Wildman–Crippen LogP) is 1.87. The van der Waals surface area contributed by atoms with Crippen LogP contribution in [-0.4, -0.2) is 108 Å². The van der Waals surface area contributed by atoms with Gasteiger partial charge in [-0.1, -0.05) is 18.2 Å². The first-order valence-electron chi connectivity index (χ1n) is 15.6. The molecule has 50 heavy (non-hydrogen) atoms. The molecule has 1 aliphatic heterocycles. The van der Waals surface area contributed by atoms with Crippen molar-refractivity contribution in [1.82, 2.24) is 10.6 Å². The van der Waals surface area contributed by atoms with Gasteiger partial charge in [0.25, 0.3) is 0 Å². The topological polar surface area (TPSA) is 196 Å². The van der Waals surface area contributed by atoms with Crippen molar-refractivity contribution in [2.75, 3.05) is 20.0 Å². The molecular weight excluding hydrogens is 673 g/mol. The monoisotopic (exact) mass is 714 g/mol. The maximum Gasteiger partial charge on any atom is 0.422 e. The molecule has 0 bridgehead atoms. The SMILES string of the molecule is CC(O)C(NC(=O)C1=CC2OCOC2C(OC(=O)c2ccccc2C=CC(=O)OCC(F)(F)F)C1)C(=O)NC(CO)CCC(=O)OC(C)(C)C. The lowest BCUT2D eigenvalue weighted by Gasteiger charge is -2.31. The van der Waals surface area contributed by atoms with Crippen LogP contribution in [0, 0.1) is 0 Å². The Morgan fingerprint density at radius 2 is 1.78 bits per heavy atom. The largest absolute Gasteiger partial charge is 0.460 e. The lowest BCUT2D eigenvalue weighted by atomic mass is 9.91. The Morgan fingerprint density at radius 1 is 1.08 bits per heavy atom. The van der Waals surface area contributed by atoms with E-state index in [2.05, 4.69) is 15.4 Å². The highest BCUT2D eigenvalue weighted by Crippen LogP contribution is 2.31. The van der Waals surface area contributed by atoms with E-state index in [4.69, 9.17) is 18.9 Å². The summed E-state index contributed by atoms with van der Waals surface area (Å²) in [5.41, 5.74) is -0.609. The number of carbonyl (C=O) groups excluding carboxylic acids is 5. The third-order valence-corrected chi connectivity index (χ3v) is 7.24. The van der Waals surface area contributed by atoms with Crippen molar-refractivity contribution in [2.45, 2.75) is 95.2 Å². The zero-order valence-corrected chi connectivity index (χ0v) is 27.9. The summed E-state index contributed by atoms with van der Waals surface area (Å²) in [4.78, 5) is 63.6. The fourth-order valence-corrected chi connectivity index (χ4v) is 4.94. The summed E-state index contributed by atoms with van der Waals surface area (Å²) in [6.07, 6.45) is -5.86. The molecule has 2 aliphatic rings. The number of ether oxygens (including phenoxy) is 5. The second-order valence-electron chi connectivity index (χ2n) is 12.6. The summed E-state index contributed by atoms with van der Waals surface area (Å²) < 4.78 is 63.2. The minimum atomic E-state index is -4.71. The van der Waals surface area contributed by atoms with E-state index in [-0.39, 0.29) is 42.8 Å². The van der Waals surface area contributed by atoms with Crippen LogP contribution >= 0.6 is 0 Å². The summed E-state index contributed by atoms with van der Waals surface area (Å²) in [6, 6.07) is 3.41. The number of hydrogen-bond acceptors (Lipinski definition) is 12. The molecule has 0 spiro atoms. The number of aliphatic hydroxyl groups excluding tert-OH is 2. The van der Waals surface area contributed by atoms with Gasteiger partial charge in [-0.15, -0.1) is 0 Å². The van der Waals surface area contributed by atoms with Crippen molar-refractivity contribution in [1.29, 1.82) is 0 Å². The number of esters is 3. The van der Waals surface area contributed by atoms with Crippen LogP contribution in [0.2, 0.25) is 0 Å². The molecule has 1 aromatic rings. The molecule has 0 aromatic heterocycles. The van der Waals surface area contributed by atoms with Crippen LogP contribution in [0.15, 0.2) is 42.0 Å². The van der Waals surface area contributed by atoms with Crippen molar-refractivity contribution in [2.24, 2.45) is 0 Å². The summed E-state index contributed by atoms with van der Waals surface area (Å²) in [7, 11) is 0. The highest BCUT2D eigenvalue weighted by molar-refractivity contribution is 5.98. The maximum absolute atomic E-state index is 13.4. The first kappa shape index (κ1) is 40.1. The number of carbonyl (C=O) groups is 5. The Balaban J connectivity index is 1.68. The van der Waals surface area contributed by atoms with E-state index in [0.29, 0.717) is 0 Å². The molecule has 0 radical (unpaired) electrons. The van der Waals surface area contributed by atoms with Gasteiger partial charge in [0, 0.05) is 24.5 Å². The molecule has 2 amide bonds. The van der Waals surface area contributed by atoms with Gasteiger partial charge < -0.3 is 44.5 Å². The summed E-state index contributed by atoms with van der Waals surface area (Å²) in [5, 5.41) is 25.1. The normalized spacial score (nSPS) is 20.9. The molecule has 1 saturated heterocycles. The molecule has 6 atom stereocenters. The maximum atomic E-state index is 13.4. The predicted molar refractivity (Wildman–Crippen MR) is 167 cm³/mol. The summed E-state index contributed by atoms with van der Waals surface area (Å²) >= 11 is 0. The molecule has 1 aliphatic carbocycles. The quantitative estimate of drug-likeness (QED) is 0.124. The van der Waals surface area contributed by atoms with E-state index in [1.165, 1.54) is 37.3 Å². The van der Waals surface area contributed by atoms with E-state index >= 15 is 0 Å². The van der Waals surface area contributed by atoms with E-state index in [1.54, 1.807) is 20.8 Å². The smallest absolute Gasteiger partial charge is 0.422 e. The summed E-state index contributed by atoms with van der Waals surface area (Å²) in [5.74, 6) is -4.35. The second kappa shape index (κ2) is 17.6. The molecule has 1 aromatic carbocycles. The molecule has 1 fully saturated rings. The van der Waals surface area contributed by atoms with Crippen molar-refractivity contribution in [3.63, 3.8) is 0 Å². The number of amides is 2. The van der Waals surface area contributed by atoms with E-state index < -0.39 is 91.2 Å². The molecule has 3 rings (SSSR count). The fraction of sp³-hybridized carbons (Fsp3) is 0.545. The van der Waals surface area contributed by atoms with E-state index in [1.807, 2.05) is 0 Å². The second-order valence-corrected chi connectivity index (χ2v) is 12.6. The molecule has 276 valence electrons. The lowest BCUT2D eigenvalue weighted by molar-refractivity contribution is -0.182. The third kappa shape index (κ3) is 12.5. The zero-order chi connectivity index (χ0) is 37.2. The van der Waals surface area contributed by atoms with Gasteiger partial charge >= 0.3 is 24.1 Å².